The van der Waals surface area contributed by atoms with E-state index in [1.165, 1.54) is 18.0 Å². The van der Waals surface area contributed by atoms with Gasteiger partial charge in [0.25, 0.3) is 11.5 Å². The molecule has 0 aliphatic rings. The zero-order valence-electron chi connectivity index (χ0n) is 22.6. The summed E-state index contributed by atoms with van der Waals surface area (Å²) in [5, 5.41) is 9.01. The van der Waals surface area contributed by atoms with Gasteiger partial charge in [0, 0.05) is 26.1 Å². The average Bonchev–Trinajstić information content (AvgIpc) is 3.43. The number of aromatic nitrogens is 2. The number of hydrogen-bond acceptors (Lipinski definition) is 7. The van der Waals surface area contributed by atoms with Crippen LogP contribution in [0.2, 0.25) is 5.02 Å². The van der Waals surface area contributed by atoms with Crippen molar-refractivity contribution < 1.29 is 18.7 Å². The SMILES string of the molecule is COc1cc(C=Nn2c(-c3cc4cc(Cl)ccc4o3)nc3ccccc3c2=O)c(Br)cc1OCC(=O)Nc1ccccc1. The lowest BCUT2D eigenvalue weighted by Crippen LogP contribution is -2.20. The molecular weight excluding hydrogens is 636 g/mol. The van der Waals surface area contributed by atoms with Crippen molar-refractivity contribution in [2.45, 2.75) is 0 Å². The Morgan fingerprint density at radius 3 is 2.65 bits per heavy atom. The molecule has 0 bridgehead atoms. The molecule has 0 atom stereocenters. The van der Waals surface area contributed by atoms with E-state index in [0.717, 1.165) is 5.39 Å². The summed E-state index contributed by atoms with van der Waals surface area (Å²) in [5.41, 5.74) is 1.98. The molecule has 2 heterocycles. The maximum absolute atomic E-state index is 13.6. The molecule has 0 unspecified atom stereocenters. The standard InChI is InChI=1S/C32H22BrClN4O5/c1-41-27-15-20(24(33)16-28(27)42-18-30(39)36-22-7-3-2-4-8-22)17-35-38-31(37-25-10-6-5-9-23(25)32(38)40)29-14-19-13-21(34)11-12-26(19)43-29/h2-17H,18H2,1H3,(H,36,39). The summed E-state index contributed by atoms with van der Waals surface area (Å²) in [6.07, 6.45) is 1.50. The molecule has 0 aliphatic carbocycles. The molecule has 1 amide bonds. The second kappa shape index (κ2) is 12.1. The van der Waals surface area contributed by atoms with Crippen LogP contribution >= 0.6 is 27.5 Å². The number of carbonyl (C=O) groups is 1. The summed E-state index contributed by atoms with van der Waals surface area (Å²) < 4.78 is 19.1. The molecule has 9 nitrogen and oxygen atoms in total. The van der Waals surface area contributed by atoms with Crippen LogP contribution in [0.4, 0.5) is 5.69 Å². The quantitative estimate of drug-likeness (QED) is 0.175. The van der Waals surface area contributed by atoms with Crippen LogP contribution in [0.3, 0.4) is 0 Å². The van der Waals surface area contributed by atoms with Gasteiger partial charge in [-0.25, -0.2) is 4.98 Å². The van der Waals surface area contributed by atoms with Gasteiger partial charge in [0.2, 0.25) is 5.82 Å². The van der Waals surface area contributed by atoms with E-state index in [2.05, 4.69) is 26.3 Å². The first-order chi connectivity index (χ1) is 20.9. The minimum Gasteiger partial charge on any atom is -0.493 e. The van der Waals surface area contributed by atoms with Crippen LogP contribution in [0.5, 0.6) is 11.5 Å². The third-order valence-corrected chi connectivity index (χ3v) is 7.39. The van der Waals surface area contributed by atoms with Crippen molar-refractivity contribution in [3.63, 3.8) is 0 Å². The smallest absolute Gasteiger partial charge is 0.282 e. The van der Waals surface area contributed by atoms with Gasteiger partial charge in [0.15, 0.2) is 23.9 Å². The van der Waals surface area contributed by atoms with Crippen LogP contribution in [0.25, 0.3) is 33.5 Å². The first-order valence-corrected chi connectivity index (χ1v) is 14.2. The number of nitrogens with zero attached hydrogens (tertiary/aromatic N) is 3. The van der Waals surface area contributed by atoms with Crippen molar-refractivity contribution in [1.29, 1.82) is 0 Å². The third-order valence-electron chi connectivity index (χ3n) is 6.46. The molecule has 0 saturated heterocycles. The van der Waals surface area contributed by atoms with Gasteiger partial charge in [-0.1, -0.05) is 41.9 Å². The molecule has 0 aliphatic heterocycles. The number of anilines is 1. The molecule has 43 heavy (non-hydrogen) atoms. The molecule has 0 saturated carbocycles. The van der Waals surface area contributed by atoms with Crippen molar-refractivity contribution in [1.82, 2.24) is 9.66 Å². The molecule has 0 radical (unpaired) electrons. The number of carbonyl (C=O) groups excluding carboxylic acids is 1. The van der Waals surface area contributed by atoms with Gasteiger partial charge in [-0.2, -0.15) is 9.78 Å². The van der Waals surface area contributed by atoms with Crippen LogP contribution in [-0.2, 0) is 4.79 Å². The molecule has 4 aromatic carbocycles. The van der Waals surface area contributed by atoms with Gasteiger partial charge in [0.05, 0.1) is 24.2 Å². The number of benzene rings is 4. The first kappa shape index (κ1) is 28.2. The van der Waals surface area contributed by atoms with E-state index in [1.54, 1.807) is 66.7 Å². The predicted octanol–water partition coefficient (Wildman–Crippen LogP) is 7.13. The Labute approximate surface area is 258 Å². The molecule has 0 fully saturated rings. The number of ether oxygens (including phenoxy) is 2. The maximum atomic E-state index is 13.6. The Kier molecular flexibility index (Phi) is 7.95. The lowest BCUT2D eigenvalue weighted by Gasteiger charge is -2.13. The van der Waals surface area contributed by atoms with E-state index in [0.29, 0.717) is 54.5 Å². The van der Waals surface area contributed by atoms with Crippen molar-refractivity contribution in [2.75, 3.05) is 19.0 Å². The summed E-state index contributed by atoms with van der Waals surface area (Å²) >= 11 is 9.70. The number of amides is 1. The number of halogens is 2. The summed E-state index contributed by atoms with van der Waals surface area (Å²) in [6.45, 7) is -0.227. The number of furan rings is 1. The van der Waals surface area contributed by atoms with Gasteiger partial charge in [0.1, 0.15) is 5.58 Å². The second-order valence-electron chi connectivity index (χ2n) is 9.33. The van der Waals surface area contributed by atoms with Crippen LogP contribution in [0.15, 0.2) is 110 Å². The molecule has 6 rings (SSSR count). The van der Waals surface area contributed by atoms with E-state index >= 15 is 0 Å². The Bertz CT molecular complexity index is 2070. The van der Waals surface area contributed by atoms with Crippen molar-refractivity contribution in [3.05, 3.63) is 116 Å². The van der Waals surface area contributed by atoms with Crippen LogP contribution in [0, 0.1) is 0 Å². The highest BCUT2D eigenvalue weighted by molar-refractivity contribution is 9.10. The summed E-state index contributed by atoms with van der Waals surface area (Å²) in [7, 11) is 1.49. The van der Waals surface area contributed by atoms with Crippen LogP contribution < -0.4 is 20.3 Å². The fraction of sp³-hybridized carbons (Fsp3) is 0.0625. The highest BCUT2D eigenvalue weighted by atomic mass is 79.9. The zero-order chi connectivity index (χ0) is 29.9. The number of rotatable bonds is 8. The molecule has 0 spiro atoms. The van der Waals surface area contributed by atoms with E-state index in [4.69, 9.17) is 30.5 Å². The topological polar surface area (TPSA) is 108 Å². The highest BCUT2D eigenvalue weighted by Gasteiger charge is 2.17. The molecular formula is C32H22BrClN4O5. The fourth-order valence-electron chi connectivity index (χ4n) is 4.42. The minimum absolute atomic E-state index is 0.222. The number of fused-ring (bicyclic) bond motifs is 2. The van der Waals surface area contributed by atoms with Gasteiger partial charge < -0.3 is 19.2 Å². The fourth-order valence-corrected chi connectivity index (χ4v) is 5.02. The Morgan fingerprint density at radius 2 is 1.84 bits per heavy atom. The molecule has 1 N–H and O–H groups in total. The van der Waals surface area contributed by atoms with E-state index < -0.39 is 0 Å². The van der Waals surface area contributed by atoms with Gasteiger partial charge in [-0.3, -0.25) is 9.59 Å². The van der Waals surface area contributed by atoms with E-state index in [-0.39, 0.29) is 23.9 Å². The van der Waals surface area contributed by atoms with Gasteiger partial charge in [-0.05, 0) is 76.6 Å². The van der Waals surface area contributed by atoms with Crippen LogP contribution in [0.1, 0.15) is 5.56 Å². The average molecular weight is 658 g/mol. The van der Waals surface area contributed by atoms with E-state index in [9.17, 15) is 9.59 Å². The highest BCUT2D eigenvalue weighted by Crippen LogP contribution is 2.33. The molecule has 11 heteroatoms. The Balaban J connectivity index is 1.33. The number of nitrogens with one attached hydrogen (secondary N) is 1. The third kappa shape index (κ3) is 6.01. The van der Waals surface area contributed by atoms with Crippen molar-refractivity contribution >= 4 is 67.2 Å². The minimum atomic E-state index is -0.372. The van der Waals surface area contributed by atoms with Crippen molar-refractivity contribution in [3.8, 4) is 23.1 Å². The normalized spacial score (nSPS) is 11.3. The number of hydrogen-bond donors (Lipinski definition) is 1. The lowest BCUT2D eigenvalue weighted by molar-refractivity contribution is -0.118. The van der Waals surface area contributed by atoms with Gasteiger partial charge >= 0.3 is 0 Å². The van der Waals surface area contributed by atoms with E-state index in [1.807, 2.05) is 24.3 Å². The molecule has 6 aromatic rings. The largest absolute Gasteiger partial charge is 0.493 e. The second-order valence-corrected chi connectivity index (χ2v) is 10.6. The summed E-state index contributed by atoms with van der Waals surface area (Å²) in [5.74, 6) is 0.973. The van der Waals surface area contributed by atoms with Gasteiger partial charge in [-0.15, -0.1) is 0 Å². The predicted molar refractivity (Wildman–Crippen MR) is 170 cm³/mol. The Morgan fingerprint density at radius 1 is 1.05 bits per heavy atom. The zero-order valence-corrected chi connectivity index (χ0v) is 24.9. The monoisotopic (exact) mass is 656 g/mol. The summed E-state index contributed by atoms with van der Waals surface area (Å²) in [4.78, 5) is 30.7. The molecule has 214 valence electrons. The number of para-hydroxylation sites is 2. The Hall–Kier alpha value is -4.93. The molecule has 2 aromatic heterocycles. The van der Waals surface area contributed by atoms with Crippen molar-refractivity contribution in [2.24, 2.45) is 5.10 Å². The number of methoxy groups -OCH3 is 1. The maximum Gasteiger partial charge on any atom is 0.282 e. The van der Waals surface area contributed by atoms with Crippen LogP contribution in [-0.4, -0.2) is 35.5 Å². The lowest BCUT2D eigenvalue weighted by atomic mass is 10.2. The first-order valence-electron chi connectivity index (χ1n) is 13.0. The summed E-state index contributed by atoms with van der Waals surface area (Å²) in [6, 6.07) is 26.5.